The maximum absolute atomic E-state index is 11.6. The molecule has 0 saturated carbocycles. The molecule has 7 nitrogen and oxygen atoms in total. The first-order chi connectivity index (χ1) is 13.0. The van der Waals surface area contributed by atoms with Crippen LogP contribution in [-0.4, -0.2) is 37.5 Å². The predicted octanol–water partition coefficient (Wildman–Crippen LogP) is 2.83. The fourth-order valence-corrected chi connectivity index (χ4v) is 2.28. The van der Waals surface area contributed by atoms with Crippen LogP contribution < -0.4 is 10.9 Å². The first kappa shape index (κ1) is 20.9. The van der Waals surface area contributed by atoms with Gasteiger partial charge in [-0.05, 0) is 35.4 Å². The molecule has 0 fully saturated rings. The molecule has 0 bridgehead atoms. The van der Waals surface area contributed by atoms with Gasteiger partial charge in [-0.1, -0.05) is 56.1 Å². The van der Waals surface area contributed by atoms with Crippen molar-refractivity contribution in [1.82, 2.24) is 10.9 Å². The molecule has 2 aromatic rings. The van der Waals surface area contributed by atoms with Gasteiger partial charge in [0.1, 0.15) is 13.2 Å². The molecule has 140 valence electrons. The molecule has 0 saturated heterocycles. The summed E-state index contributed by atoms with van der Waals surface area (Å²) in [6.45, 7) is -0.580. The number of benzene rings is 2. The molecule has 0 aromatic heterocycles. The maximum Gasteiger partial charge on any atom is 0.266 e. The number of nitrogens with one attached hydrogen (secondary N) is 2. The van der Waals surface area contributed by atoms with Gasteiger partial charge in [0, 0.05) is 8.95 Å². The van der Waals surface area contributed by atoms with E-state index in [2.05, 4.69) is 52.9 Å². The predicted molar refractivity (Wildman–Crippen MR) is 111 cm³/mol. The van der Waals surface area contributed by atoms with E-state index in [1.807, 2.05) is 48.5 Å². The van der Waals surface area contributed by atoms with E-state index < -0.39 is 11.8 Å². The summed E-state index contributed by atoms with van der Waals surface area (Å²) in [6, 6.07) is 14.8. The van der Waals surface area contributed by atoms with Crippen molar-refractivity contribution in [3.63, 3.8) is 0 Å². The largest absolute Gasteiger partial charge is 0.362 e. The van der Waals surface area contributed by atoms with E-state index in [1.54, 1.807) is 0 Å². The van der Waals surface area contributed by atoms with E-state index in [1.165, 1.54) is 12.4 Å². The van der Waals surface area contributed by atoms with Crippen LogP contribution in [0.3, 0.4) is 0 Å². The number of carbonyl (C=O) groups excluding carboxylic acids is 2. The Hall–Kier alpha value is -2.36. The number of halogens is 2. The van der Waals surface area contributed by atoms with Gasteiger partial charge < -0.3 is 4.74 Å². The summed E-state index contributed by atoms with van der Waals surface area (Å²) in [5.74, 6) is -0.927. The van der Waals surface area contributed by atoms with Gasteiger partial charge in [0.2, 0.25) is 0 Å². The summed E-state index contributed by atoms with van der Waals surface area (Å²) in [4.78, 5) is 23.1. The smallest absolute Gasteiger partial charge is 0.266 e. The van der Waals surface area contributed by atoms with E-state index in [0.717, 1.165) is 20.1 Å². The molecule has 0 aliphatic rings. The quantitative estimate of drug-likeness (QED) is 0.435. The molecule has 27 heavy (non-hydrogen) atoms. The molecule has 2 rings (SSSR count). The first-order valence-corrected chi connectivity index (χ1v) is 9.34. The minimum atomic E-state index is -0.463. The summed E-state index contributed by atoms with van der Waals surface area (Å²) in [5.41, 5.74) is 6.31. The monoisotopic (exact) mass is 494 g/mol. The van der Waals surface area contributed by atoms with Crippen molar-refractivity contribution < 1.29 is 14.3 Å². The molecular weight excluding hydrogens is 480 g/mol. The summed E-state index contributed by atoms with van der Waals surface area (Å²) >= 11 is 6.67. The average Bonchev–Trinajstić information content (AvgIpc) is 2.65. The Balaban J connectivity index is 1.61. The third kappa shape index (κ3) is 8.72. The number of nitrogens with zero attached hydrogens (tertiary/aromatic N) is 2. The van der Waals surface area contributed by atoms with Crippen LogP contribution in [0, 0.1) is 0 Å². The van der Waals surface area contributed by atoms with E-state index in [-0.39, 0.29) is 13.2 Å². The highest BCUT2D eigenvalue weighted by molar-refractivity contribution is 9.10. The Morgan fingerprint density at radius 2 is 1.15 bits per heavy atom. The highest BCUT2D eigenvalue weighted by Gasteiger charge is 2.03. The summed E-state index contributed by atoms with van der Waals surface area (Å²) in [5, 5.41) is 7.62. The van der Waals surface area contributed by atoms with Crippen LogP contribution in [0.5, 0.6) is 0 Å². The Morgan fingerprint density at radius 3 is 1.52 bits per heavy atom. The highest BCUT2D eigenvalue weighted by Crippen LogP contribution is 2.09. The summed E-state index contributed by atoms with van der Waals surface area (Å²) in [6.07, 6.45) is 3.02. The second kappa shape index (κ2) is 11.4. The van der Waals surface area contributed by atoms with Gasteiger partial charge in [-0.3, -0.25) is 9.59 Å². The van der Waals surface area contributed by atoms with Crippen LogP contribution in [0.15, 0.2) is 67.7 Å². The molecule has 9 heteroatoms. The van der Waals surface area contributed by atoms with Crippen LogP contribution in [0.2, 0.25) is 0 Å². The Bertz CT molecular complexity index is 752. The van der Waals surface area contributed by atoms with Crippen LogP contribution in [0.25, 0.3) is 0 Å². The number of hydrogen-bond acceptors (Lipinski definition) is 5. The van der Waals surface area contributed by atoms with Crippen molar-refractivity contribution in [2.45, 2.75) is 0 Å². The topological polar surface area (TPSA) is 92.2 Å². The van der Waals surface area contributed by atoms with Crippen molar-refractivity contribution in [3.8, 4) is 0 Å². The molecule has 0 heterocycles. The zero-order chi connectivity index (χ0) is 19.5. The van der Waals surface area contributed by atoms with Crippen LogP contribution >= 0.6 is 31.9 Å². The SMILES string of the molecule is O=C(COCC(=O)N/N=C\c1ccc(Br)cc1)N/N=C\c1ccc(Br)cc1. The van der Waals surface area contributed by atoms with E-state index in [9.17, 15) is 9.59 Å². The standard InChI is InChI=1S/C18H16Br2N4O3/c19-15-5-1-13(2-6-15)9-21-23-17(25)11-27-12-18(26)24-22-10-14-3-7-16(20)8-4-14/h1-10H,11-12H2,(H,23,25)(H,24,26)/b21-9-,22-10-. The van der Waals surface area contributed by atoms with E-state index >= 15 is 0 Å². The number of hydrogen-bond donors (Lipinski definition) is 2. The van der Waals surface area contributed by atoms with Crippen LogP contribution in [-0.2, 0) is 14.3 Å². The van der Waals surface area contributed by atoms with Crippen LogP contribution in [0.1, 0.15) is 11.1 Å². The van der Waals surface area contributed by atoms with Crippen molar-refractivity contribution in [2.24, 2.45) is 10.2 Å². The zero-order valence-corrected chi connectivity index (χ0v) is 17.2. The second-order valence-electron chi connectivity index (χ2n) is 5.18. The molecule has 2 aromatic carbocycles. The molecule has 0 unspecified atom stereocenters. The van der Waals surface area contributed by atoms with Crippen molar-refractivity contribution in [1.29, 1.82) is 0 Å². The van der Waals surface area contributed by atoms with Gasteiger partial charge in [0.05, 0.1) is 12.4 Å². The number of rotatable bonds is 8. The Labute approximate surface area is 173 Å². The van der Waals surface area contributed by atoms with Crippen molar-refractivity contribution >= 4 is 56.1 Å². The highest BCUT2D eigenvalue weighted by atomic mass is 79.9. The molecule has 0 spiro atoms. The third-order valence-electron chi connectivity index (χ3n) is 3.01. The number of carbonyl (C=O) groups is 2. The van der Waals surface area contributed by atoms with Gasteiger partial charge in [-0.25, -0.2) is 10.9 Å². The van der Waals surface area contributed by atoms with Crippen molar-refractivity contribution in [2.75, 3.05) is 13.2 Å². The Kier molecular flexibility index (Phi) is 8.82. The number of hydrazone groups is 2. The zero-order valence-electron chi connectivity index (χ0n) is 14.1. The molecule has 0 radical (unpaired) electrons. The lowest BCUT2D eigenvalue weighted by Gasteiger charge is -2.02. The minimum absolute atomic E-state index is 0.290. The van der Waals surface area contributed by atoms with Gasteiger partial charge in [0.25, 0.3) is 11.8 Å². The molecule has 0 atom stereocenters. The minimum Gasteiger partial charge on any atom is -0.362 e. The molecule has 0 aliphatic carbocycles. The van der Waals surface area contributed by atoms with E-state index in [4.69, 9.17) is 4.74 Å². The van der Waals surface area contributed by atoms with Crippen molar-refractivity contribution in [3.05, 3.63) is 68.6 Å². The van der Waals surface area contributed by atoms with Gasteiger partial charge in [-0.2, -0.15) is 10.2 Å². The average molecular weight is 496 g/mol. The molecule has 2 N–H and O–H groups in total. The molecular formula is C18H16Br2N4O3. The summed E-state index contributed by atoms with van der Waals surface area (Å²) in [7, 11) is 0. The maximum atomic E-state index is 11.6. The summed E-state index contributed by atoms with van der Waals surface area (Å²) < 4.78 is 6.92. The number of ether oxygens (including phenoxy) is 1. The second-order valence-corrected chi connectivity index (χ2v) is 7.01. The van der Waals surface area contributed by atoms with Crippen LogP contribution in [0.4, 0.5) is 0 Å². The van der Waals surface area contributed by atoms with E-state index in [0.29, 0.717) is 0 Å². The van der Waals surface area contributed by atoms with Gasteiger partial charge in [-0.15, -0.1) is 0 Å². The normalized spacial score (nSPS) is 11.0. The molecule has 0 aliphatic heterocycles. The fourth-order valence-electron chi connectivity index (χ4n) is 1.76. The lowest BCUT2D eigenvalue weighted by Crippen LogP contribution is -2.28. The van der Waals surface area contributed by atoms with Gasteiger partial charge in [0.15, 0.2) is 0 Å². The first-order valence-electron chi connectivity index (χ1n) is 7.75. The lowest BCUT2D eigenvalue weighted by molar-refractivity contribution is -0.130. The Morgan fingerprint density at radius 1 is 0.778 bits per heavy atom. The third-order valence-corrected chi connectivity index (χ3v) is 4.07. The molecule has 2 amide bonds. The fraction of sp³-hybridized carbons (Fsp3) is 0.111. The number of amides is 2. The lowest BCUT2D eigenvalue weighted by atomic mass is 10.2. The van der Waals surface area contributed by atoms with Gasteiger partial charge >= 0.3 is 0 Å².